The van der Waals surface area contributed by atoms with Crippen molar-refractivity contribution in [1.82, 2.24) is 4.90 Å². The lowest BCUT2D eigenvalue weighted by atomic mass is 9.92. The van der Waals surface area contributed by atoms with Gasteiger partial charge in [-0.3, -0.25) is 4.90 Å². The minimum Gasteiger partial charge on any atom is -0.508 e. The van der Waals surface area contributed by atoms with E-state index in [1.54, 1.807) is 12.1 Å². The molecule has 1 aromatic carbocycles. The third kappa shape index (κ3) is 2.17. The monoisotopic (exact) mass is 233 g/mol. The Bertz CT molecular complexity index is 386. The minimum atomic E-state index is -0.270. The van der Waals surface area contributed by atoms with Crippen LogP contribution in [0.5, 0.6) is 5.75 Å². The molecule has 2 fully saturated rings. The summed E-state index contributed by atoms with van der Waals surface area (Å²) in [7, 11) is 0. The Kier molecular flexibility index (Phi) is 2.81. The molecule has 0 amide bonds. The molecule has 1 aliphatic carbocycles. The summed E-state index contributed by atoms with van der Waals surface area (Å²) >= 11 is 0. The van der Waals surface area contributed by atoms with Crippen molar-refractivity contribution in [2.45, 2.75) is 43.9 Å². The average Bonchev–Trinajstić information content (AvgIpc) is 3.14. The van der Waals surface area contributed by atoms with Gasteiger partial charge >= 0.3 is 0 Å². The van der Waals surface area contributed by atoms with Crippen LogP contribution in [0, 0.1) is 0 Å². The van der Waals surface area contributed by atoms with Crippen molar-refractivity contribution < 1.29 is 10.2 Å². The van der Waals surface area contributed by atoms with Gasteiger partial charge in [-0.25, -0.2) is 0 Å². The molecule has 1 aliphatic heterocycles. The van der Waals surface area contributed by atoms with Gasteiger partial charge in [-0.2, -0.15) is 0 Å². The first-order valence-corrected chi connectivity index (χ1v) is 6.48. The van der Waals surface area contributed by atoms with Crippen LogP contribution in [-0.4, -0.2) is 33.8 Å². The third-order valence-electron chi connectivity index (χ3n) is 3.89. The van der Waals surface area contributed by atoms with E-state index in [1.165, 1.54) is 12.8 Å². The zero-order chi connectivity index (χ0) is 11.8. The van der Waals surface area contributed by atoms with Crippen LogP contribution < -0.4 is 0 Å². The van der Waals surface area contributed by atoms with E-state index in [-0.39, 0.29) is 17.9 Å². The molecule has 1 saturated carbocycles. The Morgan fingerprint density at radius 3 is 2.41 bits per heavy atom. The lowest BCUT2D eigenvalue weighted by Crippen LogP contribution is -2.42. The number of aromatic hydroxyl groups is 1. The number of phenolic OH excluding ortho intramolecular Hbond substituents is 1. The van der Waals surface area contributed by atoms with Gasteiger partial charge in [0, 0.05) is 6.04 Å². The topological polar surface area (TPSA) is 43.7 Å². The largest absolute Gasteiger partial charge is 0.508 e. The summed E-state index contributed by atoms with van der Waals surface area (Å²) in [5.74, 6) is 0.289. The van der Waals surface area contributed by atoms with Crippen molar-refractivity contribution >= 4 is 0 Å². The molecule has 0 bridgehead atoms. The van der Waals surface area contributed by atoms with Gasteiger partial charge in [0.15, 0.2) is 0 Å². The standard InChI is InChI=1S/C14H19NO2/c16-12-7-3-10(4-8-12)14-13(17)2-1-9-15(14)11-5-6-11/h3-4,7-8,11,13-14,16-17H,1-2,5-6,9H2. The van der Waals surface area contributed by atoms with E-state index in [0.29, 0.717) is 6.04 Å². The Balaban J connectivity index is 1.87. The highest BCUT2D eigenvalue weighted by Gasteiger charge is 2.39. The summed E-state index contributed by atoms with van der Waals surface area (Å²) in [6, 6.07) is 8.08. The van der Waals surface area contributed by atoms with Crippen molar-refractivity contribution in [1.29, 1.82) is 0 Å². The van der Waals surface area contributed by atoms with Gasteiger partial charge in [0.1, 0.15) is 5.75 Å². The summed E-state index contributed by atoms with van der Waals surface area (Å²) in [5, 5.41) is 19.6. The molecule has 17 heavy (non-hydrogen) atoms. The first kappa shape index (κ1) is 11.1. The Morgan fingerprint density at radius 1 is 1.06 bits per heavy atom. The van der Waals surface area contributed by atoms with Crippen molar-refractivity contribution in [3.63, 3.8) is 0 Å². The summed E-state index contributed by atoms with van der Waals surface area (Å²) in [4.78, 5) is 2.44. The number of nitrogens with zero attached hydrogens (tertiary/aromatic N) is 1. The quantitative estimate of drug-likeness (QED) is 0.821. The van der Waals surface area contributed by atoms with Gasteiger partial charge in [-0.15, -0.1) is 0 Å². The normalized spacial score (nSPS) is 30.4. The van der Waals surface area contributed by atoms with E-state index < -0.39 is 0 Å². The van der Waals surface area contributed by atoms with E-state index in [2.05, 4.69) is 4.90 Å². The van der Waals surface area contributed by atoms with Crippen LogP contribution in [0.25, 0.3) is 0 Å². The van der Waals surface area contributed by atoms with Crippen molar-refractivity contribution in [3.05, 3.63) is 29.8 Å². The molecule has 1 aromatic rings. The highest BCUT2D eigenvalue weighted by Crippen LogP contribution is 2.40. The van der Waals surface area contributed by atoms with Crippen LogP contribution in [0.2, 0.25) is 0 Å². The summed E-state index contributed by atoms with van der Waals surface area (Å²) in [5.41, 5.74) is 1.13. The second-order valence-electron chi connectivity index (χ2n) is 5.21. The maximum Gasteiger partial charge on any atom is 0.115 e. The molecule has 3 nitrogen and oxygen atoms in total. The van der Waals surface area contributed by atoms with Crippen LogP contribution in [0.3, 0.4) is 0 Å². The maximum atomic E-state index is 10.2. The second kappa shape index (κ2) is 4.31. The van der Waals surface area contributed by atoms with Crippen LogP contribution in [0.1, 0.15) is 37.3 Å². The molecule has 1 saturated heterocycles. The van der Waals surface area contributed by atoms with Crippen molar-refractivity contribution in [2.75, 3.05) is 6.54 Å². The number of rotatable bonds is 2. The van der Waals surface area contributed by atoms with Gasteiger partial charge in [-0.05, 0) is 49.9 Å². The van der Waals surface area contributed by atoms with Crippen LogP contribution in [0.4, 0.5) is 0 Å². The van der Waals surface area contributed by atoms with Gasteiger partial charge in [-0.1, -0.05) is 12.1 Å². The zero-order valence-corrected chi connectivity index (χ0v) is 9.92. The van der Waals surface area contributed by atoms with E-state index in [4.69, 9.17) is 0 Å². The van der Waals surface area contributed by atoms with E-state index >= 15 is 0 Å². The Labute approximate surface area is 102 Å². The Hall–Kier alpha value is -1.06. The van der Waals surface area contributed by atoms with Crippen LogP contribution in [-0.2, 0) is 0 Å². The van der Waals surface area contributed by atoms with Gasteiger partial charge in [0.25, 0.3) is 0 Å². The highest BCUT2D eigenvalue weighted by molar-refractivity contribution is 5.29. The first-order chi connectivity index (χ1) is 8.25. The molecule has 3 rings (SSSR count). The molecular weight excluding hydrogens is 214 g/mol. The van der Waals surface area contributed by atoms with Gasteiger partial charge < -0.3 is 10.2 Å². The molecule has 0 spiro atoms. The van der Waals surface area contributed by atoms with E-state index in [9.17, 15) is 10.2 Å². The number of hydrogen-bond acceptors (Lipinski definition) is 3. The zero-order valence-electron chi connectivity index (χ0n) is 9.92. The number of phenols is 1. The van der Waals surface area contributed by atoms with E-state index in [1.807, 2.05) is 12.1 Å². The fraction of sp³-hybridized carbons (Fsp3) is 0.571. The molecule has 2 atom stereocenters. The molecule has 2 aliphatic rings. The smallest absolute Gasteiger partial charge is 0.115 e. The van der Waals surface area contributed by atoms with Gasteiger partial charge in [0.05, 0.1) is 12.1 Å². The lowest BCUT2D eigenvalue weighted by Gasteiger charge is -2.39. The lowest BCUT2D eigenvalue weighted by molar-refractivity contribution is 0.00498. The molecule has 0 radical (unpaired) electrons. The van der Waals surface area contributed by atoms with Crippen molar-refractivity contribution in [3.8, 4) is 5.75 Å². The highest BCUT2D eigenvalue weighted by atomic mass is 16.3. The number of aliphatic hydroxyl groups excluding tert-OH is 1. The fourth-order valence-electron chi connectivity index (χ4n) is 2.90. The molecule has 92 valence electrons. The van der Waals surface area contributed by atoms with Crippen molar-refractivity contribution in [2.24, 2.45) is 0 Å². The third-order valence-corrected chi connectivity index (χ3v) is 3.89. The number of benzene rings is 1. The molecule has 1 heterocycles. The molecule has 2 unspecified atom stereocenters. The summed E-state index contributed by atoms with van der Waals surface area (Å²) < 4.78 is 0. The number of piperidine rings is 1. The van der Waals surface area contributed by atoms with Crippen LogP contribution >= 0.6 is 0 Å². The summed E-state index contributed by atoms with van der Waals surface area (Å²) in [6.45, 7) is 1.09. The summed E-state index contributed by atoms with van der Waals surface area (Å²) in [6.07, 6.45) is 4.23. The molecule has 3 heteroatoms. The second-order valence-corrected chi connectivity index (χ2v) is 5.21. The number of likely N-dealkylation sites (tertiary alicyclic amines) is 1. The predicted molar refractivity (Wildman–Crippen MR) is 65.8 cm³/mol. The van der Waals surface area contributed by atoms with E-state index in [0.717, 1.165) is 24.9 Å². The molecule has 0 aromatic heterocycles. The maximum absolute atomic E-state index is 10.2. The van der Waals surface area contributed by atoms with Crippen LogP contribution in [0.15, 0.2) is 24.3 Å². The minimum absolute atomic E-state index is 0.122. The number of aliphatic hydroxyl groups is 1. The Morgan fingerprint density at radius 2 is 1.76 bits per heavy atom. The molecular formula is C14H19NO2. The fourth-order valence-corrected chi connectivity index (χ4v) is 2.90. The first-order valence-electron chi connectivity index (χ1n) is 6.48. The molecule has 2 N–H and O–H groups in total. The average molecular weight is 233 g/mol. The number of hydrogen-bond donors (Lipinski definition) is 2. The SMILES string of the molecule is Oc1ccc(C2C(O)CCCN2C2CC2)cc1. The van der Waals surface area contributed by atoms with Gasteiger partial charge in [0.2, 0.25) is 0 Å². The predicted octanol–water partition coefficient (Wildman–Crippen LogP) is 2.05.